The fourth-order valence-corrected chi connectivity index (χ4v) is 3.55. The topological polar surface area (TPSA) is 69.7 Å². The van der Waals surface area contributed by atoms with Gasteiger partial charge in [0.05, 0.1) is 12.3 Å². The van der Waals surface area contributed by atoms with Crippen molar-refractivity contribution in [2.75, 3.05) is 25.4 Å². The zero-order valence-corrected chi connectivity index (χ0v) is 15.0. The molecule has 2 heterocycles. The molecule has 2 aliphatic heterocycles. The average Bonchev–Trinajstić information content (AvgIpc) is 2.87. The maximum absolute atomic E-state index is 12.7. The minimum absolute atomic E-state index is 0. The fraction of sp³-hybridized carbons (Fsp3) is 0.438. The van der Waals surface area contributed by atoms with E-state index >= 15 is 0 Å². The van der Waals surface area contributed by atoms with Crippen LogP contribution in [0.1, 0.15) is 22.8 Å². The number of thioether (sulfide) groups is 1. The lowest BCUT2D eigenvalue weighted by molar-refractivity contribution is -0.125. The fourth-order valence-electron chi connectivity index (χ4n) is 2.83. The van der Waals surface area contributed by atoms with Crippen molar-refractivity contribution in [1.29, 1.82) is 0 Å². The molecule has 1 unspecified atom stereocenters. The molecule has 0 saturated carbocycles. The molecule has 3 rings (SSSR count). The highest BCUT2D eigenvalue weighted by atomic mass is 35.5. The number of hydrogen-bond acceptors (Lipinski definition) is 5. The second-order valence-corrected chi connectivity index (χ2v) is 6.71. The van der Waals surface area contributed by atoms with Crippen molar-refractivity contribution in [3.8, 4) is 0 Å². The first-order chi connectivity index (χ1) is 11.1. The minimum Gasteiger partial charge on any atom is -0.333 e. The lowest BCUT2D eigenvalue weighted by Crippen LogP contribution is -2.52. The molecule has 2 aliphatic rings. The van der Waals surface area contributed by atoms with Crippen LogP contribution < -0.4 is 5.32 Å². The van der Waals surface area contributed by atoms with Crippen molar-refractivity contribution >= 4 is 41.2 Å². The lowest BCUT2D eigenvalue weighted by Gasteiger charge is -2.34. The van der Waals surface area contributed by atoms with E-state index in [1.165, 1.54) is 4.90 Å². The molecule has 2 saturated heterocycles. The quantitative estimate of drug-likeness (QED) is 0.878. The smallest absolute Gasteiger partial charge is 0.289 e. The number of benzene rings is 1. The lowest BCUT2D eigenvalue weighted by atomic mass is 10.1. The Morgan fingerprint density at radius 2 is 2.17 bits per heavy atom. The Morgan fingerprint density at radius 3 is 2.83 bits per heavy atom. The highest BCUT2D eigenvalue weighted by Crippen LogP contribution is 2.22. The number of nitrogens with one attached hydrogen (secondary N) is 1. The van der Waals surface area contributed by atoms with E-state index in [1.807, 2.05) is 17.9 Å². The maximum Gasteiger partial charge on any atom is 0.289 e. The molecule has 0 aliphatic carbocycles. The summed E-state index contributed by atoms with van der Waals surface area (Å²) in [6.07, 6.45) is 0. The summed E-state index contributed by atoms with van der Waals surface area (Å²) in [6, 6.07) is 7.34. The van der Waals surface area contributed by atoms with Crippen LogP contribution >= 0.6 is 24.2 Å². The van der Waals surface area contributed by atoms with Crippen molar-refractivity contribution < 1.29 is 14.4 Å². The molecule has 1 aromatic carbocycles. The molecule has 1 N–H and O–H groups in total. The van der Waals surface area contributed by atoms with Crippen molar-refractivity contribution in [2.24, 2.45) is 0 Å². The van der Waals surface area contributed by atoms with Gasteiger partial charge in [0.25, 0.3) is 11.1 Å². The molecule has 1 aromatic rings. The summed E-state index contributed by atoms with van der Waals surface area (Å²) in [5.41, 5.74) is 1.39. The van der Waals surface area contributed by atoms with Crippen LogP contribution in [0, 0.1) is 0 Å². The van der Waals surface area contributed by atoms with Gasteiger partial charge in [-0.2, -0.15) is 0 Å². The highest BCUT2D eigenvalue weighted by Gasteiger charge is 2.30. The van der Waals surface area contributed by atoms with Gasteiger partial charge in [0.1, 0.15) is 0 Å². The van der Waals surface area contributed by atoms with E-state index in [0.717, 1.165) is 30.4 Å². The van der Waals surface area contributed by atoms with Gasteiger partial charge in [-0.3, -0.25) is 19.3 Å². The molecule has 3 amide bonds. The van der Waals surface area contributed by atoms with Crippen molar-refractivity contribution in [1.82, 2.24) is 15.1 Å². The van der Waals surface area contributed by atoms with E-state index < -0.39 is 0 Å². The van der Waals surface area contributed by atoms with Crippen LogP contribution in [0.3, 0.4) is 0 Å². The highest BCUT2D eigenvalue weighted by molar-refractivity contribution is 8.14. The second kappa shape index (κ2) is 8.00. The zero-order chi connectivity index (χ0) is 16.4. The summed E-state index contributed by atoms with van der Waals surface area (Å²) in [5, 5.41) is 3.04. The maximum atomic E-state index is 12.7. The van der Waals surface area contributed by atoms with Crippen molar-refractivity contribution in [2.45, 2.75) is 19.5 Å². The van der Waals surface area contributed by atoms with Gasteiger partial charge >= 0.3 is 0 Å². The van der Waals surface area contributed by atoms with Crippen molar-refractivity contribution in [3.63, 3.8) is 0 Å². The second-order valence-electron chi connectivity index (χ2n) is 5.79. The van der Waals surface area contributed by atoms with Crippen LogP contribution in [0.5, 0.6) is 0 Å². The van der Waals surface area contributed by atoms with Gasteiger partial charge in [-0.1, -0.05) is 23.9 Å². The third-order valence-corrected chi connectivity index (χ3v) is 4.98. The minimum atomic E-state index is -0.220. The van der Waals surface area contributed by atoms with Crippen LogP contribution in [-0.4, -0.2) is 58.3 Å². The third-order valence-electron chi connectivity index (χ3n) is 4.12. The van der Waals surface area contributed by atoms with Crippen LogP contribution in [0.25, 0.3) is 0 Å². The van der Waals surface area contributed by atoms with Gasteiger partial charge in [0.15, 0.2) is 0 Å². The Kier molecular flexibility index (Phi) is 6.26. The van der Waals surface area contributed by atoms with Crippen LogP contribution in [0.15, 0.2) is 24.3 Å². The van der Waals surface area contributed by atoms with Gasteiger partial charge in [0, 0.05) is 31.2 Å². The molecule has 0 spiro atoms. The largest absolute Gasteiger partial charge is 0.333 e. The summed E-state index contributed by atoms with van der Waals surface area (Å²) in [7, 11) is 0. The number of carbonyl (C=O) groups is 3. The first-order valence-corrected chi connectivity index (χ1v) is 8.62. The van der Waals surface area contributed by atoms with Gasteiger partial charge in [-0.25, -0.2) is 0 Å². The predicted octanol–water partition coefficient (Wildman–Crippen LogP) is 1.74. The van der Waals surface area contributed by atoms with Crippen LogP contribution in [0.4, 0.5) is 4.79 Å². The molecular formula is C16H20ClN3O3S. The zero-order valence-electron chi connectivity index (χ0n) is 13.4. The molecule has 6 nitrogen and oxygen atoms in total. The summed E-state index contributed by atoms with van der Waals surface area (Å²) in [6.45, 7) is 4.52. The molecule has 24 heavy (non-hydrogen) atoms. The number of nitrogens with zero attached hydrogens (tertiary/aromatic N) is 2. The number of hydrogen-bond donors (Lipinski definition) is 1. The van der Waals surface area contributed by atoms with Crippen molar-refractivity contribution in [3.05, 3.63) is 35.4 Å². The first kappa shape index (κ1) is 18.8. The van der Waals surface area contributed by atoms with Gasteiger partial charge in [-0.15, -0.1) is 12.4 Å². The Hall–Kier alpha value is -1.57. The normalized spacial score (nSPS) is 21.0. The number of carbonyl (C=O) groups excluding carboxylic acids is 3. The molecule has 8 heteroatoms. The summed E-state index contributed by atoms with van der Waals surface area (Å²) < 4.78 is 0. The van der Waals surface area contributed by atoms with E-state index in [-0.39, 0.29) is 47.8 Å². The Morgan fingerprint density at radius 1 is 1.38 bits per heavy atom. The van der Waals surface area contributed by atoms with Gasteiger partial charge < -0.3 is 10.2 Å². The number of piperazine rings is 1. The van der Waals surface area contributed by atoms with E-state index in [9.17, 15) is 14.4 Å². The van der Waals surface area contributed by atoms with Crippen LogP contribution in [0.2, 0.25) is 0 Å². The van der Waals surface area contributed by atoms with E-state index in [4.69, 9.17) is 0 Å². The summed E-state index contributed by atoms with van der Waals surface area (Å²) in [4.78, 5) is 39.2. The Bertz CT molecular complexity index is 639. The first-order valence-electron chi connectivity index (χ1n) is 7.64. The Balaban J connectivity index is 0.00000208. The number of halogens is 1. The predicted molar refractivity (Wildman–Crippen MR) is 95.5 cm³/mol. The van der Waals surface area contributed by atoms with Crippen LogP contribution in [-0.2, 0) is 11.3 Å². The van der Waals surface area contributed by atoms with Gasteiger partial charge in [-0.05, 0) is 24.6 Å². The molecule has 0 bridgehead atoms. The molecule has 0 aromatic heterocycles. The SMILES string of the molecule is CC1CNCCN1C(=O)c1cccc(CN2C(=O)CSC2=O)c1.Cl. The standard InChI is InChI=1S/C16H19N3O3S.ClH/c1-11-8-17-5-6-18(11)15(21)13-4-2-3-12(7-13)9-19-14(20)10-23-16(19)22;/h2-4,7,11,17H,5-6,8-10H2,1H3;1H. The van der Waals surface area contributed by atoms with E-state index in [1.54, 1.807) is 18.2 Å². The molecule has 1 atom stereocenters. The molecule has 130 valence electrons. The Labute approximate surface area is 151 Å². The monoisotopic (exact) mass is 369 g/mol. The number of rotatable bonds is 3. The van der Waals surface area contributed by atoms with E-state index in [0.29, 0.717) is 12.1 Å². The third kappa shape index (κ3) is 3.91. The summed E-state index contributed by atoms with van der Waals surface area (Å²) >= 11 is 1.02. The average molecular weight is 370 g/mol. The van der Waals surface area contributed by atoms with E-state index in [2.05, 4.69) is 5.32 Å². The van der Waals surface area contributed by atoms with Gasteiger partial charge in [0.2, 0.25) is 5.91 Å². The summed E-state index contributed by atoms with van der Waals surface area (Å²) in [5.74, 6) is 0.0252. The molecule has 2 fully saturated rings. The molecular weight excluding hydrogens is 350 g/mol. The number of amides is 3. The number of imide groups is 1. The molecule has 0 radical (unpaired) electrons.